The van der Waals surface area contributed by atoms with E-state index in [0.29, 0.717) is 0 Å². The van der Waals surface area contributed by atoms with Crippen molar-refractivity contribution in [2.75, 3.05) is 0 Å². The summed E-state index contributed by atoms with van der Waals surface area (Å²) in [6.45, 7) is 0. The van der Waals surface area contributed by atoms with Crippen molar-refractivity contribution in [2.24, 2.45) is 0 Å². The summed E-state index contributed by atoms with van der Waals surface area (Å²) in [5, 5.41) is 3.23. The van der Waals surface area contributed by atoms with Crippen molar-refractivity contribution in [2.45, 2.75) is 0 Å². The normalized spacial score (nSPS) is 11.1. The fraction of sp³-hybridized carbons (Fsp3) is 0. The molecule has 0 saturated heterocycles. The van der Waals surface area contributed by atoms with Crippen LogP contribution in [0.5, 0.6) is 0 Å². The first kappa shape index (κ1) is 9.60. The zero-order chi connectivity index (χ0) is 11.1. The average molecular weight is 274 g/mol. The molecule has 0 fully saturated rings. The quantitative estimate of drug-likeness (QED) is 0.626. The topological polar surface area (TPSA) is 32.9 Å². The van der Waals surface area contributed by atoms with E-state index in [0.717, 1.165) is 26.1 Å². The van der Waals surface area contributed by atoms with Crippen LogP contribution in [0.15, 0.2) is 51.7 Å². The van der Waals surface area contributed by atoms with E-state index >= 15 is 0 Å². The first-order valence-electron chi connectivity index (χ1n) is 4.95. The molecule has 2 aromatic carbocycles. The van der Waals surface area contributed by atoms with Gasteiger partial charge in [0.1, 0.15) is 0 Å². The van der Waals surface area contributed by atoms with E-state index in [-0.39, 0.29) is 5.56 Å². The molecule has 0 unspecified atom stereocenters. The number of halogens is 1. The fourth-order valence-corrected chi connectivity index (χ4v) is 2.31. The maximum absolute atomic E-state index is 11.3. The Morgan fingerprint density at radius 1 is 0.938 bits per heavy atom. The zero-order valence-electron chi connectivity index (χ0n) is 8.33. The number of H-pyrrole nitrogens is 1. The second kappa shape index (κ2) is 3.46. The summed E-state index contributed by atoms with van der Waals surface area (Å²) in [6, 6.07) is 13.5. The number of nitrogens with one attached hydrogen (secondary N) is 1. The van der Waals surface area contributed by atoms with Gasteiger partial charge in [-0.1, -0.05) is 34.1 Å². The number of benzene rings is 2. The summed E-state index contributed by atoms with van der Waals surface area (Å²) in [7, 11) is 0. The van der Waals surface area contributed by atoms with E-state index in [4.69, 9.17) is 0 Å². The van der Waals surface area contributed by atoms with Crippen molar-refractivity contribution in [3.8, 4) is 0 Å². The summed E-state index contributed by atoms with van der Waals surface area (Å²) >= 11 is 3.44. The van der Waals surface area contributed by atoms with Gasteiger partial charge in [0.05, 0.1) is 5.52 Å². The Morgan fingerprint density at radius 3 is 2.56 bits per heavy atom. The molecule has 2 nitrogen and oxygen atoms in total. The molecule has 16 heavy (non-hydrogen) atoms. The molecule has 3 heteroatoms. The predicted octanol–water partition coefficient (Wildman–Crippen LogP) is 3.44. The minimum atomic E-state index is -0.0667. The number of aromatic nitrogens is 1. The van der Waals surface area contributed by atoms with Gasteiger partial charge in [0.25, 0.3) is 0 Å². The molecule has 1 N–H and O–H groups in total. The van der Waals surface area contributed by atoms with Crippen LogP contribution in [0.1, 0.15) is 0 Å². The molecular formula is C13H8BrNO. The third kappa shape index (κ3) is 1.44. The Kier molecular flexibility index (Phi) is 2.07. The molecule has 0 radical (unpaired) electrons. The van der Waals surface area contributed by atoms with Crippen molar-refractivity contribution in [3.05, 3.63) is 57.3 Å². The SMILES string of the molecule is O=c1ccc2ccc3cc(Br)ccc3c2[nH]1. The van der Waals surface area contributed by atoms with Gasteiger partial charge in [0.15, 0.2) is 0 Å². The Hall–Kier alpha value is -1.61. The molecule has 0 bridgehead atoms. The van der Waals surface area contributed by atoms with E-state index in [9.17, 15) is 4.79 Å². The van der Waals surface area contributed by atoms with Crippen molar-refractivity contribution >= 4 is 37.6 Å². The molecular weight excluding hydrogens is 266 g/mol. The summed E-state index contributed by atoms with van der Waals surface area (Å²) < 4.78 is 1.04. The standard InChI is InChI=1S/C13H8BrNO/c14-10-4-5-11-9(7-10)2-1-8-3-6-12(16)15-13(8)11/h1-7H,(H,15,16). The van der Waals surface area contributed by atoms with Crippen LogP contribution in [-0.4, -0.2) is 4.98 Å². The molecule has 0 saturated carbocycles. The van der Waals surface area contributed by atoms with E-state index in [1.165, 1.54) is 0 Å². The highest BCUT2D eigenvalue weighted by Crippen LogP contribution is 2.25. The number of hydrogen-bond donors (Lipinski definition) is 1. The Labute approximate surface area is 100 Å². The highest BCUT2D eigenvalue weighted by molar-refractivity contribution is 9.10. The first-order valence-corrected chi connectivity index (χ1v) is 5.75. The second-order valence-electron chi connectivity index (χ2n) is 3.72. The van der Waals surface area contributed by atoms with Gasteiger partial charge in [-0.25, -0.2) is 0 Å². The van der Waals surface area contributed by atoms with Crippen molar-refractivity contribution in [1.82, 2.24) is 4.98 Å². The van der Waals surface area contributed by atoms with Gasteiger partial charge >= 0.3 is 0 Å². The summed E-state index contributed by atoms with van der Waals surface area (Å²) in [6.07, 6.45) is 0. The lowest BCUT2D eigenvalue weighted by Gasteiger charge is -2.03. The van der Waals surface area contributed by atoms with E-state index in [1.807, 2.05) is 30.3 Å². The second-order valence-corrected chi connectivity index (χ2v) is 4.63. The van der Waals surface area contributed by atoms with Crippen LogP contribution >= 0.6 is 15.9 Å². The van der Waals surface area contributed by atoms with E-state index in [1.54, 1.807) is 6.07 Å². The molecule has 0 spiro atoms. The van der Waals surface area contributed by atoms with Crippen LogP contribution in [0.3, 0.4) is 0 Å². The average Bonchev–Trinajstić information content (AvgIpc) is 2.28. The Bertz CT molecular complexity index is 746. The largest absolute Gasteiger partial charge is 0.321 e. The lowest BCUT2D eigenvalue weighted by Crippen LogP contribution is -2.02. The van der Waals surface area contributed by atoms with Gasteiger partial charge in [-0.3, -0.25) is 4.79 Å². The highest BCUT2D eigenvalue weighted by Gasteiger charge is 2.01. The lowest BCUT2D eigenvalue weighted by atomic mass is 10.1. The zero-order valence-corrected chi connectivity index (χ0v) is 9.91. The Morgan fingerprint density at radius 2 is 1.69 bits per heavy atom. The minimum Gasteiger partial charge on any atom is -0.321 e. The smallest absolute Gasteiger partial charge is 0.248 e. The van der Waals surface area contributed by atoms with Gasteiger partial charge in [0.2, 0.25) is 5.56 Å². The highest BCUT2D eigenvalue weighted by atomic mass is 79.9. The summed E-state index contributed by atoms with van der Waals surface area (Å²) in [5.74, 6) is 0. The number of pyridine rings is 1. The van der Waals surface area contributed by atoms with Crippen LogP contribution in [0.2, 0.25) is 0 Å². The van der Waals surface area contributed by atoms with Crippen LogP contribution in [-0.2, 0) is 0 Å². The molecule has 1 heterocycles. The maximum Gasteiger partial charge on any atom is 0.248 e. The molecule has 1 aromatic heterocycles. The first-order chi connectivity index (χ1) is 7.74. The third-order valence-electron chi connectivity index (χ3n) is 2.68. The van der Waals surface area contributed by atoms with Gasteiger partial charge in [0, 0.05) is 15.9 Å². The van der Waals surface area contributed by atoms with Crippen molar-refractivity contribution in [1.29, 1.82) is 0 Å². The van der Waals surface area contributed by atoms with Crippen LogP contribution in [0.4, 0.5) is 0 Å². The fourth-order valence-electron chi connectivity index (χ4n) is 1.93. The molecule has 3 rings (SSSR count). The molecule has 0 aliphatic heterocycles. The van der Waals surface area contributed by atoms with Gasteiger partial charge < -0.3 is 4.98 Å². The van der Waals surface area contributed by atoms with Gasteiger partial charge in [-0.2, -0.15) is 0 Å². The molecule has 0 aliphatic rings. The van der Waals surface area contributed by atoms with Crippen LogP contribution < -0.4 is 5.56 Å². The molecule has 0 amide bonds. The Balaban J connectivity index is 2.57. The molecule has 78 valence electrons. The summed E-state index contributed by atoms with van der Waals surface area (Å²) in [4.78, 5) is 14.2. The van der Waals surface area contributed by atoms with Crippen LogP contribution in [0.25, 0.3) is 21.7 Å². The molecule has 0 atom stereocenters. The molecule has 0 aliphatic carbocycles. The predicted molar refractivity (Wildman–Crippen MR) is 69.8 cm³/mol. The lowest BCUT2D eigenvalue weighted by molar-refractivity contribution is 1.32. The third-order valence-corrected chi connectivity index (χ3v) is 3.17. The van der Waals surface area contributed by atoms with Gasteiger partial charge in [-0.15, -0.1) is 0 Å². The van der Waals surface area contributed by atoms with Crippen molar-refractivity contribution in [3.63, 3.8) is 0 Å². The summed E-state index contributed by atoms with van der Waals surface area (Å²) in [5.41, 5.74) is 0.834. The maximum atomic E-state index is 11.3. The number of hydrogen-bond acceptors (Lipinski definition) is 1. The number of rotatable bonds is 0. The van der Waals surface area contributed by atoms with Crippen molar-refractivity contribution < 1.29 is 0 Å². The number of fused-ring (bicyclic) bond motifs is 3. The minimum absolute atomic E-state index is 0.0667. The molecule has 3 aromatic rings. The van der Waals surface area contributed by atoms with E-state index in [2.05, 4.69) is 27.0 Å². The monoisotopic (exact) mass is 273 g/mol. The van der Waals surface area contributed by atoms with Crippen LogP contribution in [0, 0.1) is 0 Å². The van der Waals surface area contributed by atoms with E-state index < -0.39 is 0 Å². The number of aromatic amines is 1. The van der Waals surface area contributed by atoms with Gasteiger partial charge in [-0.05, 0) is 29.0 Å².